The Morgan fingerprint density at radius 3 is 1.43 bits per heavy atom. The van der Waals surface area contributed by atoms with Crippen molar-refractivity contribution in [3.63, 3.8) is 0 Å². The number of methoxy groups -OCH3 is 2. The molecule has 0 radical (unpaired) electrons. The monoisotopic (exact) mass is 1130 g/mol. The summed E-state index contributed by atoms with van der Waals surface area (Å²) in [5, 5.41) is 43.2. The zero-order valence-corrected chi connectivity index (χ0v) is 46.7. The molecule has 1 fully saturated rings. The van der Waals surface area contributed by atoms with Crippen LogP contribution in [0.5, 0.6) is 46.0 Å². The smallest absolute Gasteiger partial charge is 0.257 e. The average Bonchev–Trinajstić information content (AvgIpc) is 4.21. The number of benzene rings is 6. The first-order chi connectivity index (χ1) is 40.1. The van der Waals surface area contributed by atoms with Crippen LogP contribution in [0.2, 0.25) is 0 Å². The van der Waals surface area contributed by atoms with Gasteiger partial charge in [0.2, 0.25) is 0 Å². The number of pyridine rings is 2. The molecule has 82 heavy (non-hydrogen) atoms. The fourth-order valence-corrected chi connectivity index (χ4v) is 8.47. The van der Waals surface area contributed by atoms with E-state index in [1.165, 1.54) is 12.8 Å². The number of nitriles is 2. The molecule has 8 aromatic rings. The molecule has 0 aliphatic heterocycles. The number of aromatic nitrogens is 2. The predicted octanol–water partition coefficient (Wildman–Crippen LogP) is 11.4. The molecule has 1 aliphatic carbocycles. The summed E-state index contributed by atoms with van der Waals surface area (Å²) in [5.74, 6) is 5.32. The summed E-state index contributed by atoms with van der Waals surface area (Å²) in [7, 11) is 6.34. The van der Waals surface area contributed by atoms with Gasteiger partial charge >= 0.3 is 0 Å². The van der Waals surface area contributed by atoms with Gasteiger partial charge in [-0.15, -0.1) is 11.6 Å². The Bertz CT molecular complexity index is 3550. The van der Waals surface area contributed by atoms with Crippen LogP contribution in [0.15, 0.2) is 134 Å². The third-order valence-electron chi connectivity index (χ3n) is 12.9. The van der Waals surface area contributed by atoms with Gasteiger partial charge in [-0.25, -0.2) is 0 Å². The second kappa shape index (κ2) is 29.5. The average molecular weight is 1130 g/mol. The number of anilines is 6. The lowest BCUT2D eigenvalue weighted by atomic mass is 10.1. The van der Waals surface area contributed by atoms with E-state index in [0.717, 1.165) is 77.4 Å². The van der Waals surface area contributed by atoms with E-state index in [-0.39, 0.29) is 25.0 Å². The van der Waals surface area contributed by atoms with Crippen LogP contribution in [0.4, 0.5) is 34.1 Å². The van der Waals surface area contributed by atoms with Crippen LogP contribution in [0, 0.1) is 28.6 Å². The number of carbonyl (C=O) groups is 2. The number of carbonyl (C=O) groups excluding carboxylic acids is 2. The summed E-state index contributed by atoms with van der Waals surface area (Å²) >= 11 is 5.80. The lowest BCUT2D eigenvalue weighted by Gasteiger charge is -2.16. The van der Waals surface area contributed by atoms with Crippen LogP contribution >= 0.6 is 11.6 Å². The van der Waals surface area contributed by atoms with Gasteiger partial charge in [0.15, 0.2) is 36.2 Å². The Morgan fingerprint density at radius 1 is 0.585 bits per heavy atom. The Morgan fingerprint density at radius 2 is 1.02 bits per heavy atom. The molecular formula is C62H64ClN11O8. The van der Waals surface area contributed by atoms with E-state index in [1.54, 1.807) is 83.2 Å². The Balaban J connectivity index is 0.000000216. The number of halogens is 1. The summed E-state index contributed by atoms with van der Waals surface area (Å²) in [4.78, 5) is 32.2. The van der Waals surface area contributed by atoms with Crippen molar-refractivity contribution >= 4 is 79.3 Å². The molecule has 2 heterocycles. The zero-order valence-electron chi connectivity index (χ0n) is 46.0. The van der Waals surface area contributed by atoms with Crippen LogP contribution in [0.3, 0.4) is 0 Å². The molecule has 6 aromatic carbocycles. The Labute approximate surface area is 481 Å². The van der Waals surface area contributed by atoms with Crippen LogP contribution in [0.25, 0.3) is 21.8 Å². The number of hydrogen-bond acceptors (Lipinski definition) is 17. The van der Waals surface area contributed by atoms with Crippen molar-refractivity contribution in [1.82, 2.24) is 25.9 Å². The number of alkyl halides is 1. The van der Waals surface area contributed by atoms with Crippen LogP contribution in [-0.2, 0) is 9.59 Å². The fraction of sp³-hybridized carbons (Fsp3) is 0.258. The highest BCUT2D eigenvalue weighted by Gasteiger charge is 2.20. The molecule has 422 valence electrons. The highest BCUT2D eigenvalue weighted by molar-refractivity contribution is 6.17. The maximum atomic E-state index is 11.6. The van der Waals surface area contributed by atoms with Gasteiger partial charge in [0.1, 0.15) is 35.1 Å². The molecule has 2 aromatic heterocycles. The number of likely N-dealkylation sites (N-methyl/N-ethyl adjacent to an activating group) is 2. The molecule has 0 saturated heterocycles. The summed E-state index contributed by atoms with van der Waals surface area (Å²) in [6, 6.07) is 41.0. The number of nitrogens with zero attached hydrogens (tertiary/aromatic N) is 4. The van der Waals surface area contributed by atoms with E-state index in [4.69, 9.17) is 40.0 Å². The van der Waals surface area contributed by atoms with Gasteiger partial charge in [-0.2, -0.15) is 10.5 Å². The molecular weight excluding hydrogens is 1060 g/mol. The minimum Gasteiger partial charge on any atom is -0.495 e. The summed E-state index contributed by atoms with van der Waals surface area (Å²) < 4.78 is 34.5. The molecule has 2 amide bonds. The second-order valence-corrected chi connectivity index (χ2v) is 19.1. The molecule has 1 saturated carbocycles. The van der Waals surface area contributed by atoms with Crippen LogP contribution < -0.4 is 65.6 Å². The van der Waals surface area contributed by atoms with E-state index in [2.05, 4.69) is 59.3 Å². The van der Waals surface area contributed by atoms with Gasteiger partial charge in [0.25, 0.3) is 11.8 Å². The van der Waals surface area contributed by atoms with Gasteiger partial charge in [-0.05, 0) is 142 Å². The molecule has 0 atom stereocenters. The lowest BCUT2D eigenvalue weighted by molar-refractivity contribution is -0.123. The first-order valence-corrected chi connectivity index (χ1v) is 27.2. The molecule has 7 N–H and O–H groups in total. The van der Waals surface area contributed by atoms with Crippen LogP contribution in [0.1, 0.15) is 36.8 Å². The number of hydrogen-bond donors (Lipinski definition) is 7. The summed E-state index contributed by atoms with van der Waals surface area (Å²) in [6.45, 7) is 3.36. The minimum absolute atomic E-state index is 0.110. The first-order valence-electron chi connectivity index (χ1n) is 26.6. The normalized spacial score (nSPS) is 11.4. The van der Waals surface area contributed by atoms with Gasteiger partial charge in [0, 0.05) is 67.6 Å². The van der Waals surface area contributed by atoms with E-state index in [9.17, 15) is 20.1 Å². The topological polar surface area (TPSA) is 247 Å². The van der Waals surface area contributed by atoms with E-state index in [0.29, 0.717) is 86.4 Å². The van der Waals surface area contributed by atoms with Crippen molar-refractivity contribution in [3.05, 3.63) is 145 Å². The first kappa shape index (κ1) is 58.5. The summed E-state index contributed by atoms with van der Waals surface area (Å²) in [5.41, 5.74) is 6.70. The molecule has 20 heteroatoms. The van der Waals surface area contributed by atoms with Crippen molar-refractivity contribution in [2.24, 2.45) is 5.92 Å². The van der Waals surface area contributed by atoms with Gasteiger partial charge in [-0.1, -0.05) is 24.3 Å². The summed E-state index contributed by atoms with van der Waals surface area (Å²) in [6.07, 6.45) is 7.64. The van der Waals surface area contributed by atoms with E-state index < -0.39 is 0 Å². The van der Waals surface area contributed by atoms with E-state index >= 15 is 0 Å². The van der Waals surface area contributed by atoms with Gasteiger partial charge < -0.3 is 65.6 Å². The third-order valence-corrected chi connectivity index (χ3v) is 13.2. The Kier molecular flexibility index (Phi) is 21.0. The number of rotatable bonds is 27. The third kappa shape index (κ3) is 16.0. The van der Waals surface area contributed by atoms with Crippen molar-refractivity contribution in [1.29, 1.82) is 10.5 Å². The van der Waals surface area contributed by atoms with Crippen molar-refractivity contribution in [2.45, 2.75) is 25.7 Å². The highest BCUT2D eigenvalue weighted by atomic mass is 35.5. The maximum absolute atomic E-state index is 11.6. The SMILES string of the molecule is CNC(=O)COc1ccccc1Oc1ccc(Nc2c(C#N)cnc3cc(NCCCCl)c(OC)cc23)cc1.CNC(=O)COc1ccccc1Oc1ccc(Nc2c(C#N)cnc3cc(NCCCNCC4CC4)c(OC)cc23)cc1. The fourth-order valence-electron chi connectivity index (χ4n) is 8.34. The molecule has 0 unspecified atom stereocenters. The standard InChI is InChI=1S/C33H36N6O4.C29H28ClN5O4/c1-35-32(40)21-42-29-6-3-4-7-30(29)43-25-12-10-24(11-13-25)39-33-23(18-34)20-38-27-17-28(31(41-2)16-26(27)33)37-15-5-14-36-19-22-8-9-22;1-32-28(36)18-38-25-6-3-4-7-26(25)39-21-10-8-20(9-11-21)35-29-19(16-31)17-34-23-15-24(33-13-5-12-30)27(37-2)14-22(23)29/h3-4,6-7,10-13,16-17,20,22,36-37H,5,8-9,14-15,19,21H2,1-2H3,(H,35,40)(H,38,39);3-4,6-11,14-15,17,33H,5,12-13,18H2,1-2H3,(H,32,36)(H,34,35). The highest BCUT2D eigenvalue weighted by Crippen LogP contribution is 2.40. The molecule has 19 nitrogen and oxygen atoms in total. The zero-order chi connectivity index (χ0) is 57.6. The Hall–Kier alpha value is -9.69. The van der Waals surface area contributed by atoms with Crippen molar-refractivity contribution < 1.29 is 38.0 Å². The molecule has 9 rings (SSSR count). The number of amides is 2. The molecule has 0 bridgehead atoms. The van der Waals surface area contributed by atoms with Crippen molar-refractivity contribution in [2.75, 3.05) is 94.9 Å². The number of para-hydroxylation sites is 4. The molecule has 1 aliphatic rings. The largest absolute Gasteiger partial charge is 0.495 e. The van der Waals surface area contributed by atoms with E-state index in [1.807, 2.05) is 78.9 Å². The second-order valence-electron chi connectivity index (χ2n) is 18.7. The van der Waals surface area contributed by atoms with Gasteiger partial charge in [0.05, 0.1) is 59.1 Å². The van der Waals surface area contributed by atoms with Crippen LogP contribution in [-0.4, -0.2) is 95.4 Å². The maximum Gasteiger partial charge on any atom is 0.257 e. The van der Waals surface area contributed by atoms with Crippen molar-refractivity contribution in [3.8, 4) is 58.1 Å². The number of ether oxygens (including phenoxy) is 6. The minimum atomic E-state index is -0.239. The molecule has 0 spiro atoms. The quantitative estimate of drug-likeness (QED) is 0.0187. The predicted molar refractivity (Wildman–Crippen MR) is 320 cm³/mol. The number of nitrogens with one attached hydrogen (secondary N) is 7. The number of fused-ring (bicyclic) bond motifs is 2. The lowest BCUT2D eigenvalue weighted by Crippen LogP contribution is -2.24. The van der Waals surface area contributed by atoms with Gasteiger partial charge in [-0.3, -0.25) is 19.6 Å².